The summed E-state index contributed by atoms with van der Waals surface area (Å²) >= 11 is 11.0. The summed E-state index contributed by atoms with van der Waals surface area (Å²) in [6.45, 7) is 0. The van der Waals surface area contributed by atoms with Crippen molar-refractivity contribution in [2.75, 3.05) is 7.11 Å². The fraction of sp³-hybridized carbons (Fsp3) is 0.167. The molecule has 0 atom stereocenters. The fourth-order valence-electron chi connectivity index (χ4n) is 0.506. The van der Waals surface area contributed by atoms with E-state index in [1.165, 1.54) is 12.1 Å². The molecule has 1 rings (SSSR count). The number of aliphatic hydroxyl groups excluding tert-OH is 1. The van der Waals surface area contributed by atoms with Crippen LogP contribution in [0.5, 0.6) is 0 Å². The van der Waals surface area contributed by atoms with Gasteiger partial charge in [0.2, 0.25) is 0 Å². The maximum Gasteiger partial charge on any atom is 0.304 e. The van der Waals surface area contributed by atoms with Gasteiger partial charge in [-0.1, -0.05) is 0 Å². The largest absolute Gasteiger partial charge is 0.400 e. The van der Waals surface area contributed by atoms with Crippen LogP contribution in [0.4, 0.5) is 5.69 Å². The van der Waals surface area contributed by atoms with E-state index in [1.807, 2.05) is 0 Å². The molecular weight excluding hydrogens is 203 g/mol. The van der Waals surface area contributed by atoms with E-state index in [0.29, 0.717) is 5.15 Å². The molecule has 12 heavy (non-hydrogen) atoms. The van der Waals surface area contributed by atoms with Gasteiger partial charge in [0.15, 0.2) is 5.69 Å². The molecule has 0 saturated heterocycles. The van der Waals surface area contributed by atoms with Crippen LogP contribution in [-0.4, -0.2) is 12.2 Å². The van der Waals surface area contributed by atoms with Crippen LogP contribution >= 0.6 is 23.2 Å². The van der Waals surface area contributed by atoms with E-state index in [0.717, 1.165) is 7.11 Å². The second-order valence-electron chi connectivity index (χ2n) is 1.60. The third-order valence-corrected chi connectivity index (χ3v) is 1.45. The monoisotopic (exact) mass is 209 g/mol. The van der Waals surface area contributed by atoms with Crippen LogP contribution in [0.25, 0.3) is 0 Å². The Hall–Kier alpha value is -0.710. The molecule has 0 aliphatic heterocycles. The first-order valence-electron chi connectivity index (χ1n) is 2.89. The number of hydrogen-bond acceptors (Lipinski definition) is 3. The van der Waals surface area contributed by atoms with Crippen molar-refractivity contribution in [1.29, 1.82) is 0 Å². The summed E-state index contributed by atoms with van der Waals surface area (Å²) in [5, 5.41) is 10.2. The molecule has 0 saturated carbocycles. The lowest BCUT2D eigenvalue weighted by molar-refractivity contribution is -0.371. The highest BCUT2D eigenvalue weighted by Gasteiger charge is 2.07. The molecule has 66 valence electrons. The van der Waals surface area contributed by atoms with E-state index in [-0.39, 0.29) is 10.8 Å². The number of halogens is 2. The Labute approximate surface area is 79.1 Å². The van der Waals surface area contributed by atoms with Gasteiger partial charge in [0.25, 0.3) is 5.15 Å². The summed E-state index contributed by atoms with van der Waals surface area (Å²) in [5.74, 6) is 0. The summed E-state index contributed by atoms with van der Waals surface area (Å²) in [5.41, 5.74) is 0.158. The quantitative estimate of drug-likeness (QED) is 0.567. The van der Waals surface area contributed by atoms with Crippen LogP contribution in [-0.2, 0) is 0 Å². The van der Waals surface area contributed by atoms with Crippen molar-refractivity contribution < 1.29 is 10.1 Å². The van der Waals surface area contributed by atoms with Crippen molar-refractivity contribution in [3.63, 3.8) is 0 Å². The molecule has 0 radical (unpaired) electrons. The first-order valence-corrected chi connectivity index (χ1v) is 3.65. The first kappa shape index (κ1) is 11.3. The maximum atomic E-state index is 9.94. The highest BCUT2D eigenvalue weighted by molar-refractivity contribution is 6.32. The Balaban J connectivity index is 0.000000561. The normalized spacial score (nSPS) is 8.33. The average Bonchev–Trinajstić information content (AvgIpc) is 2.08. The van der Waals surface area contributed by atoms with Crippen LogP contribution in [0.2, 0.25) is 10.3 Å². The third kappa shape index (κ3) is 3.13. The number of nitrogens with one attached hydrogen (secondary N) is 1. The number of aliphatic hydroxyl groups is 1. The summed E-state index contributed by atoms with van der Waals surface area (Å²) in [6.07, 6.45) is 0. The molecule has 2 N–H and O–H groups in total. The molecule has 1 heterocycles. The zero-order valence-corrected chi connectivity index (χ0v) is 7.73. The lowest BCUT2D eigenvalue weighted by atomic mass is 10.4. The van der Waals surface area contributed by atoms with Gasteiger partial charge >= 0.3 is 5.15 Å². The third-order valence-electron chi connectivity index (χ3n) is 0.940. The minimum absolute atomic E-state index is 0.155. The predicted octanol–water partition coefficient (Wildman–Crippen LogP) is 1.81. The predicted molar refractivity (Wildman–Crippen MR) is 46.6 cm³/mol. The van der Waals surface area contributed by atoms with Crippen LogP contribution in [0.1, 0.15) is 0 Å². The smallest absolute Gasteiger partial charge is 0.304 e. The number of pyridine rings is 1. The Morgan fingerprint density at radius 1 is 1.42 bits per heavy atom. The van der Waals surface area contributed by atoms with Crippen LogP contribution in [0.15, 0.2) is 17.3 Å². The molecule has 0 bridgehead atoms. The fourth-order valence-corrected chi connectivity index (χ4v) is 0.911. The van der Waals surface area contributed by atoms with Gasteiger partial charge in [-0.3, -0.25) is 0 Å². The van der Waals surface area contributed by atoms with Crippen molar-refractivity contribution in [3.8, 4) is 0 Å². The van der Waals surface area contributed by atoms with Crippen molar-refractivity contribution >= 4 is 28.9 Å². The molecule has 0 fully saturated rings. The van der Waals surface area contributed by atoms with E-state index >= 15 is 0 Å². The van der Waals surface area contributed by atoms with E-state index in [1.54, 1.807) is 0 Å². The van der Waals surface area contributed by atoms with Gasteiger partial charge in [-0.15, -0.1) is 4.91 Å². The van der Waals surface area contributed by atoms with Crippen molar-refractivity contribution in [2.45, 2.75) is 0 Å². The van der Waals surface area contributed by atoms with E-state index in [2.05, 4.69) is 10.2 Å². The SMILES string of the molecule is CO.O=Nc1ccc(Cl)[nH+]c1Cl. The molecule has 0 aliphatic rings. The summed E-state index contributed by atoms with van der Waals surface area (Å²) in [7, 11) is 1.00. The molecule has 6 heteroatoms. The molecule has 0 unspecified atom stereocenters. The van der Waals surface area contributed by atoms with Crippen molar-refractivity contribution in [2.24, 2.45) is 5.18 Å². The highest BCUT2D eigenvalue weighted by atomic mass is 35.5. The van der Waals surface area contributed by atoms with Gasteiger partial charge in [0.1, 0.15) is 0 Å². The minimum Gasteiger partial charge on any atom is -0.400 e. The van der Waals surface area contributed by atoms with Crippen molar-refractivity contribution in [3.05, 3.63) is 27.3 Å². The molecule has 1 aromatic rings. The highest BCUT2D eigenvalue weighted by Crippen LogP contribution is 2.19. The Morgan fingerprint density at radius 3 is 2.42 bits per heavy atom. The van der Waals surface area contributed by atoms with Gasteiger partial charge in [0, 0.05) is 13.2 Å². The molecule has 0 spiro atoms. The number of nitrogens with zero attached hydrogens (tertiary/aromatic N) is 1. The topological polar surface area (TPSA) is 63.8 Å². The van der Waals surface area contributed by atoms with Crippen molar-refractivity contribution in [1.82, 2.24) is 0 Å². The second-order valence-corrected chi connectivity index (χ2v) is 2.38. The zero-order valence-electron chi connectivity index (χ0n) is 6.21. The van der Waals surface area contributed by atoms with Crippen LogP contribution in [0, 0.1) is 4.91 Å². The maximum absolute atomic E-state index is 9.94. The van der Waals surface area contributed by atoms with Gasteiger partial charge in [-0.05, 0) is 34.4 Å². The number of hydrogen-bond donors (Lipinski definition) is 1. The molecule has 4 nitrogen and oxygen atoms in total. The van der Waals surface area contributed by atoms with E-state index < -0.39 is 0 Å². The van der Waals surface area contributed by atoms with Crippen LogP contribution < -0.4 is 4.98 Å². The lowest BCUT2D eigenvalue weighted by Gasteiger charge is -1.84. The summed E-state index contributed by atoms with van der Waals surface area (Å²) < 4.78 is 0. The first-order chi connectivity index (χ1) is 5.74. The minimum atomic E-state index is 0.155. The number of H-pyrrole nitrogens is 1. The standard InChI is InChI=1S/C5H2Cl2N2O.CH4O/c6-4-2-1-3(9-10)5(7)8-4;1-2/h1-2H;2H,1H3/p+1. The molecule has 1 aromatic heterocycles. The summed E-state index contributed by atoms with van der Waals surface area (Å²) in [6, 6.07) is 2.94. The number of rotatable bonds is 1. The summed E-state index contributed by atoms with van der Waals surface area (Å²) in [4.78, 5) is 12.5. The molecule has 0 amide bonds. The molecule has 0 aliphatic carbocycles. The Kier molecular flexibility index (Phi) is 5.53. The Morgan fingerprint density at radius 2 is 2.00 bits per heavy atom. The van der Waals surface area contributed by atoms with Gasteiger partial charge in [-0.25, -0.2) is 0 Å². The number of nitroso groups, excluding NO2 is 1. The average molecular weight is 210 g/mol. The second kappa shape index (κ2) is 5.88. The zero-order chi connectivity index (χ0) is 9.56. The van der Waals surface area contributed by atoms with Gasteiger partial charge < -0.3 is 5.11 Å². The van der Waals surface area contributed by atoms with Gasteiger partial charge in [-0.2, -0.15) is 4.98 Å². The molecular formula is C6H7Cl2N2O2+. The lowest BCUT2D eigenvalue weighted by Crippen LogP contribution is -2.03. The Bertz CT molecular complexity index is 268. The molecule has 0 aromatic carbocycles. The number of aromatic amines is 1. The van der Waals surface area contributed by atoms with Crippen LogP contribution in [0.3, 0.4) is 0 Å². The van der Waals surface area contributed by atoms with Gasteiger partial charge in [0.05, 0.1) is 0 Å². The number of aromatic nitrogens is 1. The van der Waals surface area contributed by atoms with E-state index in [9.17, 15) is 4.91 Å². The van der Waals surface area contributed by atoms with E-state index in [4.69, 9.17) is 28.3 Å².